The van der Waals surface area contributed by atoms with Gasteiger partial charge in [0.1, 0.15) is 5.75 Å². The second-order valence-corrected chi connectivity index (χ2v) is 7.58. The number of likely N-dealkylation sites (tertiary alicyclic amines) is 1. The van der Waals surface area contributed by atoms with E-state index in [-0.39, 0.29) is 17.9 Å². The normalized spacial score (nSPS) is 25.0. The van der Waals surface area contributed by atoms with Crippen LogP contribution < -0.4 is 15.8 Å². The van der Waals surface area contributed by atoms with E-state index in [1.54, 1.807) is 7.11 Å². The third kappa shape index (κ3) is 5.19. The smallest absolute Gasteiger partial charge is 0.223 e. The minimum atomic E-state index is 0.144. The predicted octanol–water partition coefficient (Wildman–Crippen LogP) is 2.15. The lowest BCUT2D eigenvalue weighted by molar-refractivity contribution is -0.125. The van der Waals surface area contributed by atoms with Crippen LogP contribution in [0.4, 0.5) is 0 Å². The summed E-state index contributed by atoms with van der Waals surface area (Å²) >= 11 is 0. The van der Waals surface area contributed by atoms with Crippen molar-refractivity contribution >= 4 is 5.91 Å². The van der Waals surface area contributed by atoms with Crippen LogP contribution in [-0.4, -0.2) is 43.6 Å². The average molecular weight is 345 g/mol. The zero-order valence-electron chi connectivity index (χ0n) is 15.2. The topological polar surface area (TPSA) is 67.6 Å². The van der Waals surface area contributed by atoms with E-state index < -0.39 is 0 Å². The first-order valence-electron chi connectivity index (χ1n) is 9.52. The van der Waals surface area contributed by atoms with Crippen molar-refractivity contribution in [2.45, 2.75) is 44.7 Å². The quantitative estimate of drug-likeness (QED) is 0.829. The minimum Gasteiger partial charge on any atom is -0.497 e. The molecule has 0 aromatic heterocycles. The van der Waals surface area contributed by atoms with Crippen molar-refractivity contribution in [1.82, 2.24) is 10.2 Å². The summed E-state index contributed by atoms with van der Waals surface area (Å²) in [6.07, 6.45) is 5.10. The van der Waals surface area contributed by atoms with E-state index in [1.165, 1.54) is 5.56 Å². The molecule has 0 bridgehead atoms. The highest BCUT2D eigenvalue weighted by molar-refractivity contribution is 5.79. The van der Waals surface area contributed by atoms with Crippen molar-refractivity contribution in [3.63, 3.8) is 0 Å². The molecule has 1 heterocycles. The zero-order valence-corrected chi connectivity index (χ0v) is 15.2. The second kappa shape index (κ2) is 8.68. The molecule has 1 saturated carbocycles. The number of rotatable bonds is 6. The second-order valence-electron chi connectivity index (χ2n) is 7.58. The SMILES string of the molecule is COc1ccc(CN2CCC(CNC(=O)C3CCC(N)C3)CC2)cc1. The first-order chi connectivity index (χ1) is 12.1. The Morgan fingerprint density at radius 1 is 1.20 bits per heavy atom. The number of carbonyl (C=O) groups is 1. The number of nitrogens with zero attached hydrogens (tertiary/aromatic N) is 1. The van der Waals surface area contributed by atoms with Crippen LogP contribution in [0.3, 0.4) is 0 Å². The molecule has 2 unspecified atom stereocenters. The molecule has 25 heavy (non-hydrogen) atoms. The molecule has 5 nitrogen and oxygen atoms in total. The highest BCUT2D eigenvalue weighted by Crippen LogP contribution is 2.25. The Labute approximate surface area is 150 Å². The van der Waals surface area contributed by atoms with Crippen LogP contribution in [0.2, 0.25) is 0 Å². The molecule has 1 aromatic carbocycles. The highest BCUT2D eigenvalue weighted by Gasteiger charge is 2.28. The fourth-order valence-corrected chi connectivity index (χ4v) is 3.98. The van der Waals surface area contributed by atoms with E-state index in [1.807, 2.05) is 12.1 Å². The fourth-order valence-electron chi connectivity index (χ4n) is 3.98. The molecule has 1 aliphatic heterocycles. The van der Waals surface area contributed by atoms with Crippen molar-refractivity contribution in [2.75, 3.05) is 26.7 Å². The van der Waals surface area contributed by atoms with E-state index in [4.69, 9.17) is 10.5 Å². The maximum Gasteiger partial charge on any atom is 0.223 e. The van der Waals surface area contributed by atoms with E-state index >= 15 is 0 Å². The molecule has 2 aliphatic rings. The Morgan fingerprint density at radius 2 is 1.92 bits per heavy atom. The summed E-state index contributed by atoms with van der Waals surface area (Å²) < 4.78 is 5.21. The van der Waals surface area contributed by atoms with Gasteiger partial charge in [-0.15, -0.1) is 0 Å². The summed E-state index contributed by atoms with van der Waals surface area (Å²) in [4.78, 5) is 14.7. The van der Waals surface area contributed by atoms with Crippen LogP contribution in [0, 0.1) is 11.8 Å². The Morgan fingerprint density at radius 3 is 2.52 bits per heavy atom. The zero-order chi connectivity index (χ0) is 17.6. The molecule has 2 fully saturated rings. The number of nitrogens with two attached hydrogens (primary N) is 1. The maximum atomic E-state index is 12.2. The van der Waals surface area contributed by atoms with Gasteiger partial charge in [-0.3, -0.25) is 9.69 Å². The molecular weight excluding hydrogens is 314 g/mol. The van der Waals surface area contributed by atoms with E-state index in [0.29, 0.717) is 5.92 Å². The number of piperidine rings is 1. The summed E-state index contributed by atoms with van der Waals surface area (Å²) in [5.41, 5.74) is 7.23. The Hall–Kier alpha value is -1.59. The molecule has 0 spiro atoms. The molecule has 1 aromatic rings. The van der Waals surface area contributed by atoms with Crippen molar-refractivity contribution in [2.24, 2.45) is 17.6 Å². The van der Waals surface area contributed by atoms with E-state index in [0.717, 1.165) is 64.0 Å². The van der Waals surface area contributed by atoms with Gasteiger partial charge in [0.2, 0.25) is 5.91 Å². The highest BCUT2D eigenvalue weighted by atomic mass is 16.5. The van der Waals surface area contributed by atoms with Gasteiger partial charge in [0, 0.05) is 25.0 Å². The monoisotopic (exact) mass is 345 g/mol. The Kier molecular flexibility index (Phi) is 6.32. The third-order valence-corrected chi connectivity index (χ3v) is 5.68. The van der Waals surface area contributed by atoms with E-state index in [9.17, 15) is 4.79 Å². The van der Waals surface area contributed by atoms with Crippen LogP contribution in [-0.2, 0) is 11.3 Å². The summed E-state index contributed by atoms with van der Waals surface area (Å²) in [6, 6.07) is 8.53. The van der Waals surface area contributed by atoms with Gasteiger partial charge in [0.25, 0.3) is 0 Å². The number of nitrogens with one attached hydrogen (secondary N) is 1. The number of methoxy groups -OCH3 is 1. The number of hydrogen-bond acceptors (Lipinski definition) is 4. The Bertz CT molecular complexity index is 553. The third-order valence-electron chi connectivity index (χ3n) is 5.68. The minimum absolute atomic E-state index is 0.144. The first-order valence-corrected chi connectivity index (χ1v) is 9.52. The summed E-state index contributed by atoms with van der Waals surface area (Å²) in [5.74, 6) is 1.87. The largest absolute Gasteiger partial charge is 0.497 e. The van der Waals surface area contributed by atoms with Gasteiger partial charge < -0.3 is 15.8 Å². The lowest BCUT2D eigenvalue weighted by Gasteiger charge is -2.32. The van der Waals surface area contributed by atoms with Crippen LogP contribution >= 0.6 is 0 Å². The fraction of sp³-hybridized carbons (Fsp3) is 0.650. The number of hydrogen-bond donors (Lipinski definition) is 2. The molecule has 1 amide bonds. The van der Waals surface area contributed by atoms with Crippen molar-refractivity contribution in [3.05, 3.63) is 29.8 Å². The molecule has 3 rings (SSSR count). The number of carbonyl (C=O) groups excluding carboxylic acids is 1. The molecule has 1 saturated heterocycles. The van der Waals surface area contributed by atoms with Gasteiger partial charge in [0.15, 0.2) is 0 Å². The van der Waals surface area contributed by atoms with Gasteiger partial charge in [-0.05, 0) is 68.8 Å². The molecular formula is C20H31N3O2. The van der Waals surface area contributed by atoms with Gasteiger partial charge in [0.05, 0.1) is 7.11 Å². The average Bonchev–Trinajstić information content (AvgIpc) is 3.08. The Balaban J connectivity index is 1.36. The maximum absolute atomic E-state index is 12.2. The summed E-state index contributed by atoms with van der Waals surface area (Å²) in [5, 5.41) is 3.17. The number of ether oxygens (including phenoxy) is 1. The summed E-state index contributed by atoms with van der Waals surface area (Å²) in [6.45, 7) is 4.01. The predicted molar refractivity (Wildman–Crippen MR) is 99.3 cm³/mol. The van der Waals surface area contributed by atoms with Crippen LogP contribution in [0.5, 0.6) is 5.75 Å². The molecule has 0 radical (unpaired) electrons. The van der Waals surface area contributed by atoms with Crippen LogP contribution in [0.1, 0.15) is 37.7 Å². The lowest BCUT2D eigenvalue weighted by Crippen LogP contribution is -2.39. The number of benzene rings is 1. The van der Waals surface area contributed by atoms with Gasteiger partial charge in [-0.1, -0.05) is 12.1 Å². The van der Waals surface area contributed by atoms with Crippen molar-refractivity contribution < 1.29 is 9.53 Å². The van der Waals surface area contributed by atoms with Crippen molar-refractivity contribution in [3.8, 4) is 5.75 Å². The lowest BCUT2D eigenvalue weighted by atomic mass is 9.96. The molecule has 1 aliphatic carbocycles. The van der Waals surface area contributed by atoms with Crippen molar-refractivity contribution in [1.29, 1.82) is 0 Å². The molecule has 138 valence electrons. The van der Waals surface area contributed by atoms with Gasteiger partial charge >= 0.3 is 0 Å². The first kappa shape index (κ1) is 18.2. The summed E-state index contributed by atoms with van der Waals surface area (Å²) in [7, 11) is 1.69. The van der Waals surface area contributed by atoms with Gasteiger partial charge in [-0.2, -0.15) is 0 Å². The number of amides is 1. The molecule has 5 heteroatoms. The standard InChI is InChI=1S/C20H31N3O2/c1-25-19-6-2-16(3-7-19)14-23-10-8-15(9-11-23)13-22-20(24)17-4-5-18(21)12-17/h2-3,6-7,15,17-18H,4-5,8-14,21H2,1H3,(H,22,24). The van der Waals surface area contributed by atoms with E-state index in [2.05, 4.69) is 22.3 Å². The van der Waals surface area contributed by atoms with Crippen LogP contribution in [0.15, 0.2) is 24.3 Å². The molecule has 2 atom stereocenters. The van der Waals surface area contributed by atoms with Crippen LogP contribution in [0.25, 0.3) is 0 Å². The molecule has 3 N–H and O–H groups in total. The van der Waals surface area contributed by atoms with Gasteiger partial charge in [-0.25, -0.2) is 0 Å².